The number of nitrogens with zero attached hydrogens (tertiary/aromatic N) is 1. The number of amides is 2. The average molecular weight is 362 g/mol. The third kappa shape index (κ3) is 5.08. The number of hydrogen-bond acceptors (Lipinski definition) is 4. The number of carbonyl (C=O) groups is 3. The number of likely N-dealkylation sites (tertiary alicyclic amines) is 1. The Hall–Kier alpha value is -1.34. The summed E-state index contributed by atoms with van der Waals surface area (Å²) < 4.78 is 0. The highest BCUT2D eigenvalue weighted by Crippen LogP contribution is 2.20. The van der Waals surface area contributed by atoms with Crippen molar-refractivity contribution in [3.8, 4) is 0 Å². The zero-order valence-electron chi connectivity index (χ0n) is 14.3. The summed E-state index contributed by atoms with van der Waals surface area (Å²) in [6.45, 7) is 5.56. The van der Waals surface area contributed by atoms with Crippen molar-refractivity contribution in [3.05, 3.63) is 0 Å². The predicted octanol–water partition coefficient (Wildman–Crippen LogP) is 0.624. The minimum Gasteiger partial charge on any atom is -0.480 e. The zero-order valence-corrected chi connectivity index (χ0v) is 15.1. The lowest BCUT2D eigenvalue weighted by atomic mass is 9.94. The first kappa shape index (κ1) is 20.7. The molecule has 0 aliphatic carbocycles. The van der Waals surface area contributed by atoms with E-state index in [0.29, 0.717) is 25.9 Å². The molecule has 2 rings (SSSR count). The van der Waals surface area contributed by atoms with Gasteiger partial charge in [-0.1, -0.05) is 13.8 Å². The number of carbonyl (C=O) groups excluding carboxylic acids is 2. The summed E-state index contributed by atoms with van der Waals surface area (Å²) in [6.07, 6.45) is 3.10. The van der Waals surface area contributed by atoms with Gasteiger partial charge in [0.15, 0.2) is 0 Å². The number of aliphatic carboxylic acids is 1. The molecule has 2 heterocycles. The molecule has 7 nitrogen and oxygen atoms in total. The Balaban J connectivity index is 0.00000288. The summed E-state index contributed by atoms with van der Waals surface area (Å²) in [5, 5.41) is 15.0. The molecule has 3 N–H and O–H groups in total. The highest BCUT2D eigenvalue weighted by Gasteiger charge is 2.33. The van der Waals surface area contributed by atoms with Crippen molar-refractivity contribution >= 4 is 30.2 Å². The van der Waals surface area contributed by atoms with E-state index in [-0.39, 0.29) is 42.1 Å². The van der Waals surface area contributed by atoms with Gasteiger partial charge in [-0.15, -0.1) is 12.4 Å². The first-order valence-corrected chi connectivity index (χ1v) is 8.45. The lowest BCUT2D eigenvalue weighted by Gasteiger charge is -2.33. The van der Waals surface area contributed by atoms with Crippen LogP contribution in [0.15, 0.2) is 0 Å². The van der Waals surface area contributed by atoms with Gasteiger partial charge in [0.25, 0.3) is 0 Å². The van der Waals surface area contributed by atoms with Crippen molar-refractivity contribution in [2.45, 2.75) is 51.6 Å². The molecule has 24 heavy (non-hydrogen) atoms. The molecule has 0 aromatic heterocycles. The number of piperidine rings is 1. The lowest BCUT2D eigenvalue weighted by Crippen LogP contribution is -2.51. The second kappa shape index (κ2) is 9.22. The van der Waals surface area contributed by atoms with E-state index in [2.05, 4.69) is 10.6 Å². The monoisotopic (exact) mass is 361 g/mol. The molecule has 2 atom stereocenters. The quantitative estimate of drug-likeness (QED) is 0.667. The lowest BCUT2D eigenvalue weighted by molar-refractivity contribution is -0.144. The van der Waals surface area contributed by atoms with Gasteiger partial charge in [0, 0.05) is 19.0 Å². The normalized spacial score (nSPS) is 22.8. The first-order chi connectivity index (χ1) is 10.9. The Bertz CT molecular complexity index is 458. The molecule has 2 amide bonds. The summed E-state index contributed by atoms with van der Waals surface area (Å²) in [4.78, 5) is 37.6. The molecule has 0 saturated carbocycles. The highest BCUT2D eigenvalue weighted by atomic mass is 35.5. The smallest absolute Gasteiger partial charge is 0.326 e. The topological polar surface area (TPSA) is 98.7 Å². The summed E-state index contributed by atoms with van der Waals surface area (Å²) in [6, 6.07) is -0.928. The third-order valence-corrected chi connectivity index (χ3v) is 4.77. The molecule has 2 aliphatic heterocycles. The standard InChI is InChI=1S/C16H27N3O4.ClH/c1-10(2)13(16(22)23)18-14(20)11-5-8-19(9-6-11)15(21)12-4-3-7-17-12;/h10-13,17H,3-9H2,1-2H3,(H,18,20)(H,22,23);1H/t12-,13-;/m0./s1. The molecule has 2 aliphatic rings. The summed E-state index contributed by atoms with van der Waals surface area (Å²) >= 11 is 0. The van der Waals surface area contributed by atoms with Gasteiger partial charge in [-0.25, -0.2) is 4.79 Å². The van der Waals surface area contributed by atoms with Gasteiger partial charge < -0.3 is 20.6 Å². The van der Waals surface area contributed by atoms with E-state index < -0.39 is 12.0 Å². The van der Waals surface area contributed by atoms with Gasteiger partial charge in [-0.2, -0.15) is 0 Å². The Kier molecular flexibility index (Phi) is 7.96. The van der Waals surface area contributed by atoms with Crippen LogP contribution in [-0.2, 0) is 14.4 Å². The van der Waals surface area contributed by atoms with E-state index in [1.54, 1.807) is 13.8 Å². The van der Waals surface area contributed by atoms with E-state index in [1.165, 1.54) is 0 Å². The maximum Gasteiger partial charge on any atom is 0.326 e. The molecule has 2 fully saturated rings. The van der Waals surface area contributed by atoms with Crippen LogP contribution in [0.2, 0.25) is 0 Å². The van der Waals surface area contributed by atoms with Gasteiger partial charge in [0.1, 0.15) is 6.04 Å². The van der Waals surface area contributed by atoms with Crippen LogP contribution in [0, 0.1) is 11.8 Å². The van der Waals surface area contributed by atoms with Gasteiger partial charge in [0.05, 0.1) is 6.04 Å². The highest BCUT2D eigenvalue weighted by molar-refractivity contribution is 5.86. The minimum absolute atomic E-state index is 0. The van der Waals surface area contributed by atoms with Gasteiger partial charge >= 0.3 is 5.97 Å². The molecule has 0 unspecified atom stereocenters. The molecular formula is C16H28ClN3O4. The number of nitrogens with one attached hydrogen (secondary N) is 2. The second-order valence-electron chi connectivity index (χ2n) is 6.82. The van der Waals surface area contributed by atoms with Crippen molar-refractivity contribution in [1.82, 2.24) is 15.5 Å². The van der Waals surface area contributed by atoms with Crippen LogP contribution in [0.4, 0.5) is 0 Å². The van der Waals surface area contributed by atoms with Crippen molar-refractivity contribution < 1.29 is 19.5 Å². The van der Waals surface area contributed by atoms with Gasteiger partial charge in [0.2, 0.25) is 11.8 Å². The van der Waals surface area contributed by atoms with E-state index in [9.17, 15) is 14.4 Å². The van der Waals surface area contributed by atoms with E-state index in [4.69, 9.17) is 5.11 Å². The minimum atomic E-state index is -1.01. The molecule has 2 saturated heterocycles. The zero-order chi connectivity index (χ0) is 17.0. The van der Waals surface area contributed by atoms with Crippen molar-refractivity contribution in [1.29, 1.82) is 0 Å². The van der Waals surface area contributed by atoms with Crippen LogP contribution in [0.25, 0.3) is 0 Å². The fourth-order valence-corrected chi connectivity index (χ4v) is 3.26. The predicted molar refractivity (Wildman–Crippen MR) is 92.0 cm³/mol. The fourth-order valence-electron chi connectivity index (χ4n) is 3.26. The maximum absolute atomic E-state index is 12.3. The fraction of sp³-hybridized carbons (Fsp3) is 0.812. The Morgan fingerprint density at radius 3 is 2.25 bits per heavy atom. The van der Waals surface area contributed by atoms with Crippen LogP contribution in [-0.4, -0.2) is 59.5 Å². The van der Waals surface area contributed by atoms with Crippen LogP contribution in [0.1, 0.15) is 39.5 Å². The van der Waals surface area contributed by atoms with E-state index >= 15 is 0 Å². The second-order valence-corrected chi connectivity index (χ2v) is 6.82. The van der Waals surface area contributed by atoms with Gasteiger partial charge in [-0.3, -0.25) is 9.59 Å². The SMILES string of the molecule is CC(C)[C@H](NC(=O)C1CCN(C(=O)[C@@H]2CCCN2)CC1)C(=O)O.Cl. The number of rotatable bonds is 5. The average Bonchev–Trinajstić information content (AvgIpc) is 3.05. The van der Waals surface area contributed by atoms with Crippen LogP contribution < -0.4 is 10.6 Å². The first-order valence-electron chi connectivity index (χ1n) is 8.45. The van der Waals surface area contributed by atoms with Crippen LogP contribution >= 0.6 is 12.4 Å². The number of carboxylic acids is 1. The number of hydrogen-bond donors (Lipinski definition) is 3. The summed E-state index contributed by atoms with van der Waals surface area (Å²) in [7, 11) is 0. The van der Waals surface area contributed by atoms with Crippen molar-refractivity contribution in [3.63, 3.8) is 0 Å². The Morgan fingerprint density at radius 1 is 1.17 bits per heavy atom. The van der Waals surface area contributed by atoms with Crippen molar-refractivity contribution in [2.24, 2.45) is 11.8 Å². The Morgan fingerprint density at radius 2 is 1.79 bits per heavy atom. The molecule has 138 valence electrons. The molecular weight excluding hydrogens is 334 g/mol. The molecule has 0 aromatic carbocycles. The Labute approximate surface area is 148 Å². The van der Waals surface area contributed by atoms with E-state index in [1.807, 2.05) is 4.90 Å². The summed E-state index contributed by atoms with van der Waals surface area (Å²) in [5.74, 6) is -1.46. The molecule has 0 bridgehead atoms. The van der Waals surface area contributed by atoms with Crippen LogP contribution in [0.5, 0.6) is 0 Å². The third-order valence-electron chi connectivity index (χ3n) is 4.77. The summed E-state index contributed by atoms with van der Waals surface area (Å²) in [5.41, 5.74) is 0. The van der Waals surface area contributed by atoms with Gasteiger partial charge in [-0.05, 0) is 38.1 Å². The maximum atomic E-state index is 12.3. The molecule has 0 aromatic rings. The molecule has 0 spiro atoms. The molecule has 0 radical (unpaired) electrons. The molecule has 8 heteroatoms. The number of carboxylic acid groups (broad SMARTS) is 1. The number of halogens is 1. The van der Waals surface area contributed by atoms with Crippen LogP contribution in [0.3, 0.4) is 0 Å². The largest absolute Gasteiger partial charge is 0.480 e. The van der Waals surface area contributed by atoms with Crippen molar-refractivity contribution in [2.75, 3.05) is 19.6 Å². The van der Waals surface area contributed by atoms with E-state index in [0.717, 1.165) is 19.4 Å².